The Morgan fingerprint density at radius 3 is 2.43 bits per heavy atom. The monoisotopic (exact) mass is 645 g/mol. The summed E-state index contributed by atoms with van der Waals surface area (Å²) in [5.74, 6) is 0.253. The van der Waals surface area contributed by atoms with Crippen LogP contribution >= 0.6 is 11.8 Å². The maximum Gasteiger partial charge on any atom is 0.325 e. The molecule has 0 spiro atoms. The van der Waals surface area contributed by atoms with Crippen molar-refractivity contribution in [2.24, 2.45) is 13.0 Å². The van der Waals surface area contributed by atoms with Crippen molar-refractivity contribution in [3.63, 3.8) is 0 Å². The molecule has 4 aromatic rings. The molecule has 1 fully saturated rings. The third-order valence-electron chi connectivity index (χ3n) is 7.76. The molecule has 1 aliphatic rings. The Morgan fingerprint density at radius 1 is 0.978 bits per heavy atom. The van der Waals surface area contributed by atoms with Crippen molar-refractivity contribution in [3.05, 3.63) is 101 Å². The number of rotatable bonds is 12. The van der Waals surface area contributed by atoms with Gasteiger partial charge < -0.3 is 34.5 Å². The summed E-state index contributed by atoms with van der Waals surface area (Å²) >= 11 is 1.60. The summed E-state index contributed by atoms with van der Waals surface area (Å²) in [4.78, 5) is 23.6. The molecule has 1 saturated heterocycles. The van der Waals surface area contributed by atoms with Crippen molar-refractivity contribution in [2.45, 2.75) is 50.7 Å². The summed E-state index contributed by atoms with van der Waals surface area (Å²) in [6, 6.07) is 23.4. The highest BCUT2D eigenvalue weighted by Gasteiger charge is 2.38. The molecule has 3 N–H and O–H groups in total. The number of aryl methyl sites for hydroxylation is 1. The van der Waals surface area contributed by atoms with E-state index < -0.39 is 18.3 Å². The predicted octanol–water partition coefficient (Wildman–Crippen LogP) is 4.92. The summed E-state index contributed by atoms with van der Waals surface area (Å²) in [6.45, 7) is 4.22. The molecule has 12 heteroatoms. The summed E-state index contributed by atoms with van der Waals surface area (Å²) in [6.07, 6.45) is 0.766. The van der Waals surface area contributed by atoms with Crippen molar-refractivity contribution in [2.75, 3.05) is 18.9 Å². The van der Waals surface area contributed by atoms with E-state index >= 15 is 0 Å². The van der Waals surface area contributed by atoms with Crippen molar-refractivity contribution in [1.29, 1.82) is 0 Å². The standard InChI is InChI=1S/C34H39N5O6S/c1-4-43-30(41)18-36-33(42)35-17-24-6-5-7-28(16-24)25-12-14-27(15-13-25)32-44-29(20-46-34-38-37-21-39(34)3)22(2)31(45-32)26-10-8-23(19-40)9-11-26/h5-16,21-22,29,31-32,40H,4,17-20H2,1-3H3,(H2,35,36,42)/t22-,29+,31+,32+/m1/s1. The minimum atomic E-state index is -0.582. The van der Waals surface area contributed by atoms with Gasteiger partial charge in [-0.15, -0.1) is 10.2 Å². The SMILES string of the molecule is CCOC(=O)CNC(=O)NCc1cccc(-c2ccc([C@H]3O[C@@H](CSc4nncn4C)[C@@H](C)[C@@H](c4ccc(CO)cc4)O3)cc2)c1. The molecule has 5 rings (SSSR count). The van der Waals surface area contributed by atoms with Crippen LogP contribution in [0.15, 0.2) is 84.3 Å². The van der Waals surface area contributed by atoms with Gasteiger partial charge in [0, 0.05) is 30.8 Å². The molecule has 11 nitrogen and oxygen atoms in total. The van der Waals surface area contributed by atoms with Crippen LogP contribution in [-0.4, -0.2) is 56.9 Å². The lowest BCUT2D eigenvalue weighted by Crippen LogP contribution is -2.38. The average molecular weight is 646 g/mol. The maximum absolute atomic E-state index is 12.1. The van der Waals surface area contributed by atoms with E-state index in [2.05, 4.69) is 27.8 Å². The van der Waals surface area contributed by atoms with Gasteiger partial charge in [0.2, 0.25) is 0 Å². The highest BCUT2D eigenvalue weighted by molar-refractivity contribution is 7.99. The van der Waals surface area contributed by atoms with Gasteiger partial charge in [0.05, 0.1) is 25.4 Å². The topological polar surface area (TPSA) is 137 Å². The smallest absolute Gasteiger partial charge is 0.325 e. The van der Waals surface area contributed by atoms with Gasteiger partial charge in [-0.25, -0.2) is 4.79 Å². The summed E-state index contributed by atoms with van der Waals surface area (Å²) < 4.78 is 19.9. The first-order valence-corrected chi connectivity index (χ1v) is 16.2. The highest BCUT2D eigenvalue weighted by atomic mass is 32.2. The number of amides is 2. The largest absolute Gasteiger partial charge is 0.465 e. The molecule has 0 unspecified atom stereocenters. The number of thioether (sulfide) groups is 1. The fourth-order valence-electron chi connectivity index (χ4n) is 5.17. The van der Waals surface area contributed by atoms with Gasteiger partial charge in [-0.05, 0) is 40.8 Å². The predicted molar refractivity (Wildman–Crippen MR) is 173 cm³/mol. The number of benzene rings is 3. The van der Waals surface area contributed by atoms with Crippen LogP contribution in [0.1, 0.15) is 48.5 Å². The van der Waals surface area contributed by atoms with E-state index in [1.807, 2.05) is 84.4 Å². The number of aromatic nitrogens is 3. The van der Waals surface area contributed by atoms with E-state index in [9.17, 15) is 14.7 Å². The molecule has 3 aromatic carbocycles. The summed E-state index contributed by atoms with van der Waals surface area (Å²) in [7, 11) is 1.92. The lowest BCUT2D eigenvalue weighted by atomic mass is 9.91. The molecule has 0 aliphatic carbocycles. The first kappa shape index (κ1) is 33.1. The Morgan fingerprint density at radius 2 is 1.74 bits per heavy atom. The molecule has 0 radical (unpaired) electrons. The van der Waals surface area contributed by atoms with Crippen LogP contribution in [0.5, 0.6) is 0 Å². The molecule has 242 valence electrons. The second-order valence-electron chi connectivity index (χ2n) is 11.0. The zero-order chi connectivity index (χ0) is 32.5. The third-order valence-corrected chi connectivity index (χ3v) is 8.89. The second-order valence-corrected chi connectivity index (χ2v) is 12.0. The molecule has 2 amide bonds. The Kier molecular flexibility index (Phi) is 11.4. The number of aliphatic hydroxyl groups is 1. The first-order chi connectivity index (χ1) is 22.3. The number of hydrogen-bond acceptors (Lipinski definition) is 9. The average Bonchev–Trinajstić information content (AvgIpc) is 3.50. The minimum absolute atomic E-state index is 0.0116. The number of urea groups is 1. The van der Waals surface area contributed by atoms with Gasteiger partial charge in [0.25, 0.3) is 0 Å². The van der Waals surface area contributed by atoms with Crippen LogP contribution in [-0.2, 0) is 39.2 Å². The quantitative estimate of drug-likeness (QED) is 0.145. The van der Waals surface area contributed by atoms with Crippen LogP contribution in [0.25, 0.3) is 11.1 Å². The molecule has 0 bridgehead atoms. The molecule has 2 heterocycles. The minimum Gasteiger partial charge on any atom is -0.465 e. The highest BCUT2D eigenvalue weighted by Crippen LogP contribution is 2.43. The molecule has 1 aromatic heterocycles. The van der Waals surface area contributed by atoms with Gasteiger partial charge in [-0.1, -0.05) is 85.4 Å². The Hall–Kier alpha value is -4.23. The van der Waals surface area contributed by atoms with Gasteiger partial charge in [-0.2, -0.15) is 0 Å². The van der Waals surface area contributed by atoms with Crippen molar-refractivity contribution >= 4 is 23.8 Å². The van der Waals surface area contributed by atoms with E-state index in [0.717, 1.165) is 38.5 Å². The Labute approximate surface area is 272 Å². The van der Waals surface area contributed by atoms with E-state index in [1.165, 1.54) is 0 Å². The van der Waals surface area contributed by atoms with Crippen molar-refractivity contribution in [1.82, 2.24) is 25.4 Å². The van der Waals surface area contributed by atoms with Gasteiger partial charge in [-0.3, -0.25) is 4.79 Å². The number of nitrogens with zero attached hydrogens (tertiary/aromatic N) is 3. The van der Waals surface area contributed by atoms with Crippen molar-refractivity contribution in [3.8, 4) is 11.1 Å². The van der Waals surface area contributed by atoms with Crippen molar-refractivity contribution < 1.29 is 28.9 Å². The number of esters is 1. The maximum atomic E-state index is 12.1. The van der Waals surface area contributed by atoms with Crippen LogP contribution < -0.4 is 10.6 Å². The number of nitrogens with one attached hydrogen (secondary N) is 2. The van der Waals surface area contributed by atoms with Crippen LogP contribution in [0.4, 0.5) is 4.79 Å². The number of carbonyl (C=O) groups excluding carboxylic acids is 2. The van der Waals surface area contributed by atoms with Crippen LogP contribution in [0.2, 0.25) is 0 Å². The fourth-order valence-corrected chi connectivity index (χ4v) is 6.22. The fraction of sp³-hybridized carbons (Fsp3) is 0.353. The third kappa shape index (κ3) is 8.52. The second kappa shape index (κ2) is 15.9. The number of hydrogen-bond donors (Lipinski definition) is 3. The number of aliphatic hydroxyl groups excluding tert-OH is 1. The first-order valence-electron chi connectivity index (χ1n) is 15.2. The summed E-state index contributed by atoms with van der Waals surface area (Å²) in [5, 5.41) is 23.8. The van der Waals surface area contributed by atoms with E-state index in [4.69, 9.17) is 14.2 Å². The lowest BCUT2D eigenvalue weighted by molar-refractivity contribution is -0.268. The molecular formula is C34H39N5O6S. The Balaban J connectivity index is 1.28. The van der Waals surface area contributed by atoms with Gasteiger partial charge in [0.15, 0.2) is 11.4 Å². The molecule has 1 aliphatic heterocycles. The zero-order valence-corrected chi connectivity index (χ0v) is 26.9. The van der Waals surface area contributed by atoms with E-state index in [0.29, 0.717) is 12.3 Å². The van der Waals surface area contributed by atoms with Crippen LogP contribution in [0.3, 0.4) is 0 Å². The molecular weight excluding hydrogens is 606 g/mol. The summed E-state index contributed by atoms with van der Waals surface area (Å²) in [5.41, 5.74) is 5.70. The number of carbonyl (C=O) groups is 2. The van der Waals surface area contributed by atoms with Crippen LogP contribution in [0, 0.1) is 5.92 Å². The van der Waals surface area contributed by atoms with E-state index in [-0.39, 0.29) is 37.9 Å². The molecule has 4 atom stereocenters. The Bertz CT molecular complexity index is 1600. The zero-order valence-electron chi connectivity index (χ0n) is 26.1. The molecule has 0 saturated carbocycles. The molecule has 46 heavy (non-hydrogen) atoms. The lowest BCUT2D eigenvalue weighted by Gasteiger charge is -2.41. The van der Waals surface area contributed by atoms with Gasteiger partial charge in [0.1, 0.15) is 12.9 Å². The van der Waals surface area contributed by atoms with Gasteiger partial charge >= 0.3 is 12.0 Å². The normalized spacial score (nSPS) is 19.4. The number of ether oxygens (including phenoxy) is 3. The van der Waals surface area contributed by atoms with E-state index in [1.54, 1.807) is 25.0 Å².